The molecule has 1 aromatic heterocycles. The van der Waals surface area contributed by atoms with E-state index in [9.17, 15) is 4.79 Å². The van der Waals surface area contributed by atoms with Crippen molar-refractivity contribution in [2.24, 2.45) is 0 Å². The molecule has 25 heavy (non-hydrogen) atoms. The molecule has 0 unspecified atom stereocenters. The van der Waals surface area contributed by atoms with Gasteiger partial charge in [0.25, 0.3) is 0 Å². The second-order valence-electron chi connectivity index (χ2n) is 5.69. The largest absolute Gasteiger partial charge is 0.362 e. The SMILES string of the molecule is CCN(CC(=O)Nc1cccc(Cn2cncn2)c1)c1ccccc1. The Morgan fingerprint density at radius 2 is 2.00 bits per heavy atom. The lowest BCUT2D eigenvalue weighted by atomic mass is 10.2. The van der Waals surface area contributed by atoms with E-state index in [0.717, 1.165) is 23.5 Å². The number of benzene rings is 2. The van der Waals surface area contributed by atoms with Crippen molar-refractivity contribution in [2.45, 2.75) is 13.5 Å². The van der Waals surface area contributed by atoms with Gasteiger partial charge in [0.2, 0.25) is 5.91 Å². The Labute approximate surface area is 147 Å². The molecular weight excluding hydrogens is 314 g/mol. The first-order valence-corrected chi connectivity index (χ1v) is 8.26. The van der Waals surface area contributed by atoms with Crippen molar-refractivity contribution in [2.75, 3.05) is 23.3 Å². The molecule has 128 valence electrons. The van der Waals surface area contributed by atoms with Crippen LogP contribution in [-0.4, -0.2) is 33.8 Å². The third-order valence-corrected chi connectivity index (χ3v) is 3.86. The zero-order valence-corrected chi connectivity index (χ0v) is 14.2. The first-order chi connectivity index (χ1) is 12.2. The molecule has 0 fully saturated rings. The minimum atomic E-state index is -0.0383. The summed E-state index contributed by atoms with van der Waals surface area (Å²) in [4.78, 5) is 18.4. The van der Waals surface area contributed by atoms with Crippen LogP contribution in [-0.2, 0) is 11.3 Å². The summed E-state index contributed by atoms with van der Waals surface area (Å²) < 4.78 is 1.75. The third kappa shape index (κ3) is 4.67. The van der Waals surface area contributed by atoms with Gasteiger partial charge in [-0.15, -0.1) is 0 Å². The summed E-state index contributed by atoms with van der Waals surface area (Å²) in [6.07, 6.45) is 3.18. The van der Waals surface area contributed by atoms with Crippen molar-refractivity contribution in [3.8, 4) is 0 Å². The van der Waals surface area contributed by atoms with E-state index in [-0.39, 0.29) is 5.91 Å². The number of rotatable bonds is 7. The molecule has 0 saturated heterocycles. The van der Waals surface area contributed by atoms with E-state index in [1.165, 1.54) is 6.33 Å². The van der Waals surface area contributed by atoms with Crippen molar-refractivity contribution >= 4 is 17.3 Å². The van der Waals surface area contributed by atoms with Gasteiger partial charge in [0.1, 0.15) is 12.7 Å². The van der Waals surface area contributed by atoms with Crippen LogP contribution in [0.2, 0.25) is 0 Å². The van der Waals surface area contributed by atoms with Gasteiger partial charge in [0.15, 0.2) is 0 Å². The number of likely N-dealkylation sites (N-methyl/N-ethyl adjacent to an activating group) is 1. The molecule has 0 spiro atoms. The maximum atomic E-state index is 12.4. The molecule has 0 radical (unpaired) electrons. The molecule has 0 aliphatic rings. The molecule has 6 heteroatoms. The molecule has 1 amide bonds. The van der Waals surface area contributed by atoms with E-state index in [1.807, 2.05) is 66.4 Å². The first kappa shape index (κ1) is 16.7. The smallest absolute Gasteiger partial charge is 0.243 e. The fourth-order valence-corrected chi connectivity index (χ4v) is 2.65. The maximum Gasteiger partial charge on any atom is 0.243 e. The number of nitrogens with one attached hydrogen (secondary N) is 1. The molecule has 0 saturated carbocycles. The van der Waals surface area contributed by atoms with Gasteiger partial charge in [-0.2, -0.15) is 5.10 Å². The van der Waals surface area contributed by atoms with Crippen LogP contribution in [0.25, 0.3) is 0 Å². The highest BCUT2D eigenvalue weighted by atomic mass is 16.2. The van der Waals surface area contributed by atoms with Gasteiger partial charge >= 0.3 is 0 Å². The van der Waals surface area contributed by atoms with Crippen LogP contribution in [0.4, 0.5) is 11.4 Å². The predicted molar refractivity (Wildman–Crippen MR) is 98.5 cm³/mol. The zero-order chi connectivity index (χ0) is 17.5. The van der Waals surface area contributed by atoms with Crippen LogP contribution in [0.3, 0.4) is 0 Å². The average Bonchev–Trinajstić information content (AvgIpc) is 3.14. The van der Waals surface area contributed by atoms with Gasteiger partial charge in [-0.05, 0) is 36.8 Å². The van der Waals surface area contributed by atoms with Gasteiger partial charge < -0.3 is 10.2 Å². The summed E-state index contributed by atoms with van der Waals surface area (Å²) in [7, 11) is 0. The average molecular weight is 335 g/mol. The lowest BCUT2D eigenvalue weighted by Gasteiger charge is -2.22. The maximum absolute atomic E-state index is 12.4. The van der Waals surface area contributed by atoms with Crippen molar-refractivity contribution < 1.29 is 4.79 Å². The molecule has 1 N–H and O–H groups in total. The lowest BCUT2D eigenvalue weighted by Crippen LogP contribution is -2.33. The molecule has 0 atom stereocenters. The molecule has 2 aromatic carbocycles. The quantitative estimate of drug-likeness (QED) is 0.721. The summed E-state index contributed by atoms with van der Waals surface area (Å²) >= 11 is 0. The van der Waals surface area contributed by atoms with Crippen molar-refractivity contribution in [1.29, 1.82) is 0 Å². The number of hydrogen-bond donors (Lipinski definition) is 1. The van der Waals surface area contributed by atoms with Crippen LogP contribution in [0, 0.1) is 0 Å². The predicted octanol–water partition coefficient (Wildman–Crippen LogP) is 2.79. The van der Waals surface area contributed by atoms with Crippen molar-refractivity contribution in [3.05, 3.63) is 72.8 Å². The van der Waals surface area contributed by atoms with Crippen LogP contribution in [0.15, 0.2) is 67.3 Å². The van der Waals surface area contributed by atoms with E-state index >= 15 is 0 Å². The topological polar surface area (TPSA) is 63.1 Å². The van der Waals surface area contributed by atoms with E-state index in [1.54, 1.807) is 11.0 Å². The van der Waals surface area contributed by atoms with Crippen LogP contribution >= 0.6 is 0 Å². The molecule has 3 aromatic rings. The highest BCUT2D eigenvalue weighted by Crippen LogP contribution is 2.14. The minimum Gasteiger partial charge on any atom is -0.362 e. The van der Waals surface area contributed by atoms with Gasteiger partial charge in [-0.1, -0.05) is 30.3 Å². The monoisotopic (exact) mass is 335 g/mol. The highest BCUT2D eigenvalue weighted by molar-refractivity contribution is 5.94. The molecular formula is C19H21N5O. The Morgan fingerprint density at radius 1 is 1.16 bits per heavy atom. The Balaban J connectivity index is 1.62. The molecule has 0 bridgehead atoms. The second-order valence-corrected chi connectivity index (χ2v) is 5.69. The number of amides is 1. The van der Waals surface area contributed by atoms with Crippen LogP contribution in [0.5, 0.6) is 0 Å². The van der Waals surface area contributed by atoms with Crippen LogP contribution in [0.1, 0.15) is 12.5 Å². The van der Waals surface area contributed by atoms with Gasteiger partial charge in [-0.3, -0.25) is 4.79 Å². The molecule has 0 aliphatic carbocycles. The van der Waals surface area contributed by atoms with Gasteiger partial charge in [0, 0.05) is 17.9 Å². The Kier molecular flexibility index (Phi) is 5.41. The third-order valence-electron chi connectivity index (χ3n) is 3.86. The summed E-state index contributed by atoms with van der Waals surface area (Å²) in [5.74, 6) is -0.0383. The first-order valence-electron chi connectivity index (χ1n) is 8.26. The van der Waals surface area contributed by atoms with Crippen LogP contribution < -0.4 is 10.2 Å². The number of anilines is 2. The molecule has 6 nitrogen and oxygen atoms in total. The van der Waals surface area contributed by atoms with E-state index in [2.05, 4.69) is 15.4 Å². The Hall–Kier alpha value is -3.15. The number of aromatic nitrogens is 3. The van der Waals surface area contributed by atoms with Crippen molar-refractivity contribution in [3.63, 3.8) is 0 Å². The lowest BCUT2D eigenvalue weighted by molar-refractivity contribution is -0.115. The van der Waals surface area contributed by atoms with Gasteiger partial charge in [-0.25, -0.2) is 9.67 Å². The van der Waals surface area contributed by atoms with Gasteiger partial charge in [0.05, 0.1) is 13.1 Å². The number of nitrogens with zero attached hydrogens (tertiary/aromatic N) is 4. The standard InChI is InChI=1S/C19H21N5O/c1-2-23(18-9-4-3-5-10-18)13-19(25)22-17-8-6-7-16(11-17)12-24-15-20-14-21-24/h3-11,14-15H,2,12-13H2,1H3,(H,22,25). The molecule has 3 rings (SSSR count). The van der Waals surface area contributed by atoms with E-state index < -0.39 is 0 Å². The zero-order valence-electron chi connectivity index (χ0n) is 14.2. The summed E-state index contributed by atoms with van der Waals surface area (Å²) in [5, 5.41) is 7.07. The van der Waals surface area contributed by atoms with E-state index in [4.69, 9.17) is 0 Å². The van der Waals surface area contributed by atoms with E-state index in [0.29, 0.717) is 13.1 Å². The summed E-state index contributed by atoms with van der Waals surface area (Å²) in [6, 6.07) is 17.7. The van der Waals surface area contributed by atoms with Crippen molar-refractivity contribution in [1.82, 2.24) is 14.8 Å². The molecule has 1 heterocycles. The number of para-hydroxylation sites is 1. The summed E-state index contributed by atoms with van der Waals surface area (Å²) in [5.41, 5.74) is 2.88. The highest BCUT2D eigenvalue weighted by Gasteiger charge is 2.10. The fraction of sp³-hybridized carbons (Fsp3) is 0.211. The summed E-state index contributed by atoms with van der Waals surface area (Å²) in [6.45, 7) is 3.74. The number of carbonyl (C=O) groups excluding carboxylic acids is 1. The Bertz CT molecular complexity index is 802. The normalized spacial score (nSPS) is 10.4. The number of hydrogen-bond acceptors (Lipinski definition) is 4. The number of carbonyl (C=O) groups is 1. The fourth-order valence-electron chi connectivity index (χ4n) is 2.65. The second kappa shape index (κ2) is 8.10. The minimum absolute atomic E-state index is 0.0383. The Morgan fingerprint density at radius 3 is 2.72 bits per heavy atom. The molecule has 0 aliphatic heterocycles.